The summed E-state index contributed by atoms with van der Waals surface area (Å²) in [5, 5.41) is 4.59. The highest BCUT2D eigenvalue weighted by Crippen LogP contribution is 2.31. The SMILES string of the molecule is COc1ccccc1CN(Cn1ncn(-c2ccc(C)cc2C)c1=S)C1CC1. The van der Waals surface area contributed by atoms with Crippen LogP contribution in [0.25, 0.3) is 5.69 Å². The maximum atomic E-state index is 5.75. The van der Waals surface area contributed by atoms with E-state index in [0.717, 1.165) is 22.8 Å². The minimum absolute atomic E-state index is 0.582. The first kappa shape index (κ1) is 18.9. The number of para-hydroxylation sites is 1. The molecule has 1 aromatic heterocycles. The van der Waals surface area contributed by atoms with Crippen LogP contribution in [-0.2, 0) is 13.2 Å². The van der Waals surface area contributed by atoms with Crippen LogP contribution in [0.2, 0.25) is 0 Å². The highest BCUT2D eigenvalue weighted by molar-refractivity contribution is 7.71. The fourth-order valence-corrected chi connectivity index (χ4v) is 3.88. The summed E-state index contributed by atoms with van der Waals surface area (Å²) in [6.45, 7) is 5.72. The zero-order valence-electron chi connectivity index (χ0n) is 16.6. The van der Waals surface area contributed by atoms with Gasteiger partial charge in [-0.2, -0.15) is 5.10 Å². The predicted octanol–water partition coefficient (Wildman–Crippen LogP) is 4.65. The highest BCUT2D eigenvalue weighted by atomic mass is 32.1. The lowest BCUT2D eigenvalue weighted by molar-refractivity contribution is 0.184. The minimum atomic E-state index is 0.582. The van der Waals surface area contributed by atoms with Crippen LogP contribution in [0.15, 0.2) is 48.8 Å². The van der Waals surface area contributed by atoms with Gasteiger partial charge in [-0.05, 0) is 56.6 Å². The molecule has 3 aromatic rings. The Morgan fingerprint density at radius 1 is 1.18 bits per heavy atom. The second kappa shape index (κ2) is 7.89. The van der Waals surface area contributed by atoms with Crippen molar-refractivity contribution in [2.75, 3.05) is 7.11 Å². The molecule has 1 aliphatic carbocycles. The zero-order chi connectivity index (χ0) is 19.7. The number of hydrogen-bond acceptors (Lipinski definition) is 4. The molecule has 1 fully saturated rings. The Morgan fingerprint density at radius 2 is 1.96 bits per heavy atom. The number of rotatable bonds is 7. The van der Waals surface area contributed by atoms with Crippen LogP contribution < -0.4 is 4.74 Å². The van der Waals surface area contributed by atoms with Gasteiger partial charge in [0.2, 0.25) is 4.77 Å². The lowest BCUT2D eigenvalue weighted by atomic mass is 10.1. The number of methoxy groups -OCH3 is 1. The van der Waals surface area contributed by atoms with E-state index in [1.54, 1.807) is 7.11 Å². The van der Waals surface area contributed by atoms with E-state index in [4.69, 9.17) is 17.0 Å². The maximum absolute atomic E-state index is 5.75. The Morgan fingerprint density at radius 3 is 2.68 bits per heavy atom. The van der Waals surface area contributed by atoms with Gasteiger partial charge in [-0.25, -0.2) is 4.68 Å². The van der Waals surface area contributed by atoms with Crippen molar-refractivity contribution in [2.24, 2.45) is 0 Å². The largest absolute Gasteiger partial charge is 0.496 e. The van der Waals surface area contributed by atoms with Crippen LogP contribution in [0.3, 0.4) is 0 Å². The van der Waals surface area contributed by atoms with Gasteiger partial charge in [-0.1, -0.05) is 35.9 Å². The van der Waals surface area contributed by atoms with E-state index in [1.165, 1.54) is 29.5 Å². The number of nitrogens with zero attached hydrogens (tertiary/aromatic N) is 4. The molecule has 146 valence electrons. The zero-order valence-corrected chi connectivity index (χ0v) is 17.4. The second-order valence-corrected chi connectivity index (χ2v) is 7.87. The van der Waals surface area contributed by atoms with Crippen molar-refractivity contribution in [1.82, 2.24) is 19.2 Å². The van der Waals surface area contributed by atoms with Gasteiger partial charge >= 0.3 is 0 Å². The summed E-state index contributed by atoms with van der Waals surface area (Å²) in [4.78, 5) is 2.44. The lowest BCUT2D eigenvalue weighted by Gasteiger charge is -2.23. The summed E-state index contributed by atoms with van der Waals surface area (Å²) in [6.07, 6.45) is 4.27. The average Bonchev–Trinajstić information content (AvgIpc) is 3.47. The maximum Gasteiger partial charge on any atom is 0.203 e. The van der Waals surface area contributed by atoms with Gasteiger partial charge in [0.1, 0.15) is 12.1 Å². The number of ether oxygens (including phenoxy) is 1. The van der Waals surface area contributed by atoms with Crippen molar-refractivity contribution in [3.05, 3.63) is 70.3 Å². The third kappa shape index (κ3) is 3.88. The molecule has 0 bridgehead atoms. The molecule has 28 heavy (non-hydrogen) atoms. The predicted molar refractivity (Wildman–Crippen MR) is 113 cm³/mol. The van der Waals surface area contributed by atoms with Crippen molar-refractivity contribution in [1.29, 1.82) is 0 Å². The topological polar surface area (TPSA) is 35.2 Å². The van der Waals surface area contributed by atoms with Crippen LogP contribution in [0, 0.1) is 18.6 Å². The van der Waals surface area contributed by atoms with E-state index in [2.05, 4.69) is 54.2 Å². The Bertz CT molecular complexity index is 1040. The van der Waals surface area contributed by atoms with Gasteiger partial charge in [0, 0.05) is 18.2 Å². The van der Waals surface area contributed by atoms with Crippen LogP contribution in [-0.4, -0.2) is 32.4 Å². The molecule has 6 heteroatoms. The third-order valence-corrected chi connectivity index (χ3v) is 5.70. The van der Waals surface area contributed by atoms with E-state index in [-0.39, 0.29) is 0 Å². The fourth-order valence-electron chi connectivity index (χ4n) is 3.63. The molecular formula is C22H26N4OS. The van der Waals surface area contributed by atoms with Gasteiger partial charge in [0.25, 0.3) is 0 Å². The Hall–Kier alpha value is -2.44. The summed E-state index contributed by atoms with van der Waals surface area (Å²) < 4.78 is 10.2. The summed E-state index contributed by atoms with van der Waals surface area (Å²) in [5.41, 5.74) is 4.72. The molecule has 2 aromatic carbocycles. The molecule has 1 saturated carbocycles. The molecule has 1 heterocycles. The van der Waals surface area contributed by atoms with Gasteiger partial charge in [-0.3, -0.25) is 9.47 Å². The van der Waals surface area contributed by atoms with E-state index >= 15 is 0 Å². The second-order valence-electron chi connectivity index (χ2n) is 7.50. The molecule has 0 amide bonds. The van der Waals surface area contributed by atoms with Crippen LogP contribution in [0.4, 0.5) is 0 Å². The van der Waals surface area contributed by atoms with Crippen molar-refractivity contribution in [3.8, 4) is 11.4 Å². The molecule has 0 N–H and O–H groups in total. The van der Waals surface area contributed by atoms with Crippen molar-refractivity contribution in [2.45, 2.75) is 45.9 Å². The summed E-state index contributed by atoms with van der Waals surface area (Å²) in [6, 6.07) is 15.2. The first-order valence-electron chi connectivity index (χ1n) is 9.65. The minimum Gasteiger partial charge on any atom is -0.496 e. The van der Waals surface area contributed by atoms with Crippen molar-refractivity contribution in [3.63, 3.8) is 0 Å². The molecule has 0 unspecified atom stereocenters. The Labute approximate surface area is 171 Å². The molecule has 0 saturated heterocycles. The molecule has 0 radical (unpaired) electrons. The quantitative estimate of drug-likeness (QED) is 0.547. The average molecular weight is 395 g/mol. The summed E-state index contributed by atoms with van der Waals surface area (Å²) in [5.74, 6) is 0.928. The smallest absolute Gasteiger partial charge is 0.203 e. The molecule has 5 nitrogen and oxygen atoms in total. The third-order valence-electron chi connectivity index (χ3n) is 5.29. The van der Waals surface area contributed by atoms with Crippen LogP contribution >= 0.6 is 12.2 Å². The van der Waals surface area contributed by atoms with Gasteiger partial charge in [0.05, 0.1) is 19.5 Å². The van der Waals surface area contributed by atoms with Gasteiger partial charge < -0.3 is 4.74 Å². The number of benzene rings is 2. The van der Waals surface area contributed by atoms with Crippen molar-refractivity contribution >= 4 is 12.2 Å². The Kier molecular flexibility index (Phi) is 5.33. The monoisotopic (exact) mass is 394 g/mol. The van der Waals surface area contributed by atoms with E-state index in [0.29, 0.717) is 12.7 Å². The molecule has 0 atom stereocenters. The van der Waals surface area contributed by atoms with Crippen molar-refractivity contribution < 1.29 is 4.74 Å². The molecule has 1 aliphatic rings. The molecule has 4 rings (SSSR count). The van der Waals surface area contributed by atoms with E-state index in [1.807, 2.05) is 27.7 Å². The molecular weight excluding hydrogens is 368 g/mol. The Balaban J connectivity index is 1.59. The van der Waals surface area contributed by atoms with Crippen LogP contribution in [0.5, 0.6) is 5.75 Å². The molecule has 0 aliphatic heterocycles. The first-order valence-corrected chi connectivity index (χ1v) is 10.1. The van der Waals surface area contributed by atoms with E-state index < -0.39 is 0 Å². The van der Waals surface area contributed by atoms with Crippen LogP contribution in [0.1, 0.15) is 29.5 Å². The van der Waals surface area contributed by atoms with E-state index in [9.17, 15) is 0 Å². The summed E-state index contributed by atoms with van der Waals surface area (Å²) in [7, 11) is 1.72. The molecule has 0 spiro atoms. The number of aryl methyl sites for hydroxylation is 2. The van der Waals surface area contributed by atoms with Gasteiger partial charge in [-0.15, -0.1) is 0 Å². The lowest BCUT2D eigenvalue weighted by Crippen LogP contribution is -2.29. The van der Waals surface area contributed by atoms with Gasteiger partial charge in [0.15, 0.2) is 0 Å². The fraction of sp³-hybridized carbons (Fsp3) is 0.364. The normalized spacial score (nSPS) is 13.9. The number of hydrogen-bond donors (Lipinski definition) is 0. The first-order chi connectivity index (χ1) is 13.6. The standard InChI is InChI=1S/C22H26N4OS/c1-16-8-11-20(17(2)12-16)25-14-23-26(22(25)28)15-24(19-9-10-19)13-18-6-4-5-7-21(18)27-3/h4-8,11-12,14,19H,9-10,13,15H2,1-3H3. The highest BCUT2D eigenvalue weighted by Gasteiger charge is 2.30. The summed E-state index contributed by atoms with van der Waals surface area (Å²) >= 11 is 5.75. The number of aromatic nitrogens is 3.